The van der Waals surface area contributed by atoms with Crippen molar-refractivity contribution in [2.75, 3.05) is 5.73 Å². The number of hydrogen-bond donors (Lipinski definition) is 1. The molecule has 0 aliphatic rings. The van der Waals surface area contributed by atoms with Gasteiger partial charge in [-0.3, -0.25) is 9.36 Å². The normalized spacial score (nSPS) is 10.9. The minimum Gasteiger partial charge on any atom is -0.399 e. The van der Waals surface area contributed by atoms with Crippen LogP contribution in [0, 0.1) is 6.92 Å². The highest BCUT2D eigenvalue weighted by Crippen LogP contribution is 2.12. The molecule has 1 heterocycles. The third-order valence-corrected chi connectivity index (χ3v) is 2.62. The maximum absolute atomic E-state index is 12.2. The maximum atomic E-state index is 12.2. The number of nitrogen functional groups attached to an aromatic ring is 1. The number of nitrogens with two attached hydrogens (primary N) is 1. The summed E-state index contributed by atoms with van der Waals surface area (Å²) in [7, 11) is 0. The van der Waals surface area contributed by atoms with Crippen LogP contribution in [-0.2, 0) is 6.54 Å². The van der Waals surface area contributed by atoms with E-state index in [-0.39, 0.29) is 5.56 Å². The van der Waals surface area contributed by atoms with Gasteiger partial charge in [0.25, 0.3) is 5.56 Å². The molecule has 16 heavy (non-hydrogen) atoms. The Morgan fingerprint density at radius 2 is 2.19 bits per heavy atom. The zero-order valence-corrected chi connectivity index (χ0v) is 9.53. The second kappa shape index (κ2) is 3.96. The molecular weight excluding hydrogens is 202 g/mol. The zero-order chi connectivity index (χ0) is 11.7. The molecule has 0 spiro atoms. The van der Waals surface area contributed by atoms with Crippen LogP contribution in [0.4, 0.5) is 5.69 Å². The predicted octanol–water partition coefficient (Wildman–Crippen LogP) is 1.70. The van der Waals surface area contributed by atoms with Gasteiger partial charge in [-0.15, -0.1) is 0 Å². The summed E-state index contributed by atoms with van der Waals surface area (Å²) in [5, 5.41) is 0.596. The lowest BCUT2D eigenvalue weighted by Crippen LogP contribution is -2.23. The van der Waals surface area contributed by atoms with Gasteiger partial charge in [0.15, 0.2) is 0 Å². The van der Waals surface area contributed by atoms with Crippen molar-refractivity contribution in [2.24, 2.45) is 0 Å². The first-order chi connectivity index (χ1) is 7.63. The largest absolute Gasteiger partial charge is 0.399 e. The fraction of sp³-hybridized carbons (Fsp3) is 0.333. The number of hydrogen-bond acceptors (Lipinski definition) is 3. The molecule has 0 amide bonds. The number of aromatic nitrogens is 2. The van der Waals surface area contributed by atoms with Crippen molar-refractivity contribution >= 4 is 16.6 Å². The highest BCUT2D eigenvalue weighted by Gasteiger charge is 2.07. The van der Waals surface area contributed by atoms with Crippen LogP contribution in [0.5, 0.6) is 0 Å². The summed E-state index contributed by atoms with van der Waals surface area (Å²) in [4.78, 5) is 16.6. The van der Waals surface area contributed by atoms with Gasteiger partial charge in [0.1, 0.15) is 5.82 Å². The molecule has 4 heteroatoms. The number of aryl methyl sites for hydroxylation is 1. The van der Waals surface area contributed by atoms with Crippen LogP contribution in [0.1, 0.15) is 19.2 Å². The second-order valence-corrected chi connectivity index (χ2v) is 3.89. The molecule has 0 aliphatic carbocycles. The van der Waals surface area contributed by atoms with Crippen LogP contribution < -0.4 is 11.3 Å². The van der Waals surface area contributed by atoms with Crippen LogP contribution in [0.25, 0.3) is 10.9 Å². The fourth-order valence-electron chi connectivity index (χ4n) is 1.84. The number of rotatable bonds is 2. The molecular formula is C12H15N3O. The van der Waals surface area contributed by atoms with Crippen molar-refractivity contribution in [3.63, 3.8) is 0 Å². The van der Waals surface area contributed by atoms with Gasteiger partial charge < -0.3 is 5.73 Å². The number of nitrogens with zero attached hydrogens (tertiary/aromatic N) is 2. The molecule has 84 valence electrons. The lowest BCUT2D eigenvalue weighted by Gasteiger charge is -2.09. The van der Waals surface area contributed by atoms with E-state index < -0.39 is 0 Å². The summed E-state index contributed by atoms with van der Waals surface area (Å²) in [6.07, 6.45) is 0.913. The standard InChI is InChI=1S/C12H15N3O/c1-3-6-15-8(2)14-11-5-4-9(13)7-10(11)12(15)16/h4-5,7H,3,6,13H2,1-2H3. The maximum Gasteiger partial charge on any atom is 0.261 e. The predicted molar refractivity (Wildman–Crippen MR) is 65.4 cm³/mol. The van der Waals surface area contributed by atoms with Gasteiger partial charge >= 0.3 is 0 Å². The Hall–Kier alpha value is -1.84. The number of anilines is 1. The molecule has 4 nitrogen and oxygen atoms in total. The monoisotopic (exact) mass is 217 g/mol. The van der Waals surface area contributed by atoms with Gasteiger partial charge in [0.2, 0.25) is 0 Å². The first kappa shape index (κ1) is 10.7. The lowest BCUT2D eigenvalue weighted by molar-refractivity contribution is 0.625. The molecule has 0 radical (unpaired) electrons. The lowest BCUT2D eigenvalue weighted by atomic mass is 10.2. The van der Waals surface area contributed by atoms with E-state index in [9.17, 15) is 4.79 Å². The summed E-state index contributed by atoms with van der Waals surface area (Å²) in [6, 6.07) is 5.24. The first-order valence-corrected chi connectivity index (χ1v) is 5.40. The summed E-state index contributed by atoms with van der Waals surface area (Å²) < 4.78 is 1.70. The van der Waals surface area contributed by atoms with E-state index in [0.29, 0.717) is 23.1 Å². The molecule has 0 saturated carbocycles. The average Bonchev–Trinajstić information content (AvgIpc) is 2.26. The third kappa shape index (κ3) is 1.66. The van der Waals surface area contributed by atoms with Crippen molar-refractivity contribution in [3.8, 4) is 0 Å². The zero-order valence-electron chi connectivity index (χ0n) is 9.53. The van der Waals surface area contributed by atoms with Gasteiger partial charge in [-0.2, -0.15) is 0 Å². The smallest absolute Gasteiger partial charge is 0.261 e. The van der Waals surface area contributed by atoms with E-state index >= 15 is 0 Å². The number of benzene rings is 1. The molecule has 2 aromatic rings. The summed E-state index contributed by atoms with van der Waals surface area (Å²) in [6.45, 7) is 4.59. The summed E-state index contributed by atoms with van der Waals surface area (Å²) >= 11 is 0. The second-order valence-electron chi connectivity index (χ2n) is 3.89. The molecule has 0 fully saturated rings. The van der Waals surface area contributed by atoms with E-state index in [1.165, 1.54) is 0 Å². The molecule has 0 saturated heterocycles. The highest BCUT2D eigenvalue weighted by molar-refractivity contribution is 5.81. The van der Waals surface area contributed by atoms with Crippen LogP contribution >= 0.6 is 0 Å². The van der Waals surface area contributed by atoms with E-state index in [0.717, 1.165) is 12.2 Å². The Morgan fingerprint density at radius 1 is 1.44 bits per heavy atom. The fourth-order valence-corrected chi connectivity index (χ4v) is 1.84. The molecule has 0 aliphatic heterocycles. The SMILES string of the molecule is CCCn1c(C)nc2ccc(N)cc2c1=O. The van der Waals surface area contributed by atoms with Gasteiger partial charge in [-0.25, -0.2) is 4.98 Å². The molecule has 0 atom stereocenters. The molecule has 2 N–H and O–H groups in total. The van der Waals surface area contributed by atoms with Crippen LogP contribution in [-0.4, -0.2) is 9.55 Å². The van der Waals surface area contributed by atoms with Gasteiger partial charge in [0.05, 0.1) is 10.9 Å². The molecule has 2 rings (SSSR count). The minimum absolute atomic E-state index is 0.00310. The van der Waals surface area contributed by atoms with E-state index in [1.807, 2.05) is 13.8 Å². The molecule has 0 unspecified atom stereocenters. The van der Waals surface area contributed by atoms with E-state index in [4.69, 9.17) is 5.73 Å². The summed E-state index contributed by atoms with van der Waals surface area (Å²) in [5.74, 6) is 0.754. The highest BCUT2D eigenvalue weighted by atomic mass is 16.1. The Labute approximate surface area is 93.7 Å². The Balaban J connectivity index is 2.80. The third-order valence-electron chi connectivity index (χ3n) is 2.62. The van der Waals surface area contributed by atoms with Crippen molar-refractivity contribution in [3.05, 3.63) is 34.4 Å². The Morgan fingerprint density at radius 3 is 2.88 bits per heavy atom. The Kier molecular flexibility index (Phi) is 2.64. The van der Waals surface area contributed by atoms with Crippen LogP contribution in [0.2, 0.25) is 0 Å². The van der Waals surface area contributed by atoms with Crippen molar-refractivity contribution in [1.29, 1.82) is 0 Å². The van der Waals surface area contributed by atoms with Gasteiger partial charge in [-0.05, 0) is 31.5 Å². The molecule has 0 bridgehead atoms. The van der Waals surface area contributed by atoms with Crippen molar-refractivity contribution in [2.45, 2.75) is 26.8 Å². The van der Waals surface area contributed by atoms with E-state index in [1.54, 1.807) is 22.8 Å². The van der Waals surface area contributed by atoms with Gasteiger partial charge in [0, 0.05) is 12.2 Å². The Bertz CT molecular complexity index is 587. The van der Waals surface area contributed by atoms with Crippen molar-refractivity contribution in [1.82, 2.24) is 9.55 Å². The average molecular weight is 217 g/mol. The minimum atomic E-state index is -0.00310. The topological polar surface area (TPSA) is 60.9 Å². The van der Waals surface area contributed by atoms with Crippen LogP contribution in [0.15, 0.2) is 23.0 Å². The quantitative estimate of drug-likeness (QED) is 0.779. The van der Waals surface area contributed by atoms with Crippen molar-refractivity contribution < 1.29 is 0 Å². The first-order valence-electron chi connectivity index (χ1n) is 5.40. The molecule has 1 aromatic heterocycles. The summed E-state index contributed by atoms with van der Waals surface area (Å²) in [5.41, 5.74) is 6.98. The number of fused-ring (bicyclic) bond motifs is 1. The molecule has 1 aromatic carbocycles. The van der Waals surface area contributed by atoms with Gasteiger partial charge in [-0.1, -0.05) is 6.92 Å². The van der Waals surface area contributed by atoms with Crippen LogP contribution in [0.3, 0.4) is 0 Å². The van der Waals surface area contributed by atoms with E-state index in [2.05, 4.69) is 4.98 Å².